The highest BCUT2D eigenvalue weighted by atomic mass is 16.8. The Morgan fingerprint density at radius 1 is 0.157 bits per heavy atom. The number of aliphatic hydroxyl groups is 36. The molecule has 0 saturated carbocycles. The molecule has 780 valence electrons. The van der Waals surface area contributed by atoms with Crippen LogP contribution in [0.4, 0.5) is 0 Å². The fraction of sp³-hybridized carbons (Fsp3) is 1.00. The molecule has 0 aromatic rings. The second-order valence-electron chi connectivity index (χ2n) is 34.4. The molecular formula is C73H122O61. The first-order valence-corrected chi connectivity index (χ1v) is 42.8. The van der Waals surface area contributed by atoms with E-state index in [9.17, 15) is 184 Å². The molecule has 0 aromatic heterocycles. The van der Waals surface area contributed by atoms with E-state index in [2.05, 4.69) is 0 Å². The number of ether oxygens (including phenoxy) is 25. The number of rotatable bonds is 32. The van der Waals surface area contributed by atoms with Gasteiger partial charge in [0, 0.05) is 0 Å². The Morgan fingerprint density at radius 2 is 0.321 bits per heavy atom. The van der Waals surface area contributed by atoms with Crippen LogP contribution in [-0.2, 0) is 118 Å². The third-order valence-electron chi connectivity index (χ3n) is 25.1. The average molecular weight is 1980 g/mol. The maximum atomic E-state index is 12.3. The second-order valence-corrected chi connectivity index (χ2v) is 34.4. The summed E-state index contributed by atoms with van der Waals surface area (Å²) in [6.45, 7) is -11.9. The maximum absolute atomic E-state index is 12.3. The zero-order valence-corrected chi connectivity index (χ0v) is 70.1. The standard InChI is InChI=1S/C73H122O61/c74-1-19-32(87)33(88)47(102)67(121-19)130-56-22(9-115-62-42(97)27(82)14(77)4-110-62)125-71(51(106)38(56)93)133-59-25(12-118-65-45(100)30(85)17(80)7-113-65)124-70(50(105)37(59)92)129-55-21(3-76)122-68(48(103)35(55)90)131-57-23(10-116-63-43(98)28(83)15(78)5-111-63)126-72(52(107)39(57)94)134-60-26(13-119-66-46(101)31(86)18(81)8-114-66)127-73(53(108)40(60)95)132-58-24(11-117-64-44(99)29(84)16(79)6-112-64)123-69(49(104)36(58)91)128-54-20(2-75)120-61(109)41(96)34(54)89/h14-109H,1-13H2/t14-,15-,16-,17-,18-,19-,20-,21-,22-,23-,24-,25-,26-,27+,28+,29+,30+,31+,32-,33+,34-,35-,36-,37-,38-,39-,40-,41-,42-,43-,44-,45-,46-,47-,48-,49-,50-,51-,52-,53-,54-,55-,56-,57-,58-,59-,60-,61?,62-,63-,64-,65-,66-,67+,68+,69+,70+,71+,72+,73+/m1/s1. The summed E-state index contributed by atoms with van der Waals surface area (Å²) in [6, 6.07) is 0. The molecule has 134 heavy (non-hydrogen) atoms. The highest BCUT2D eigenvalue weighted by molar-refractivity contribution is 5.04. The van der Waals surface area contributed by atoms with E-state index in [-0.39, 0.29) is 0 Å². The van der Waals surface area contributed by atoms with Crippen molar-refractivity contribution in [3.05, 3.63) is 0 Å². The lowest BCUT2D eigenvalue weighted by Gasteiger charge is -2.50. The molecule has 13 saturated heterocycles. The molecule has 0 bridgehead atoms. The average Bonchev–Trinajstić information content (AvgIpc) is 0.762. The van der Waals surface area contributed by atoms with Crippen LogP contribution in [0, 0.1) is 0 Å². The zero-order valence-electron chi connectivity index (χ0n) is 70.1. The molecule has 13 heterocycles. The molecule has 13 rings (SSSR count). The van der Waals surface area contributed by atoms with E-state index < -0.39 is 455 Å². The minimum atomic E-state index is -2.58. The van der Waals surface area contributed by atoms with Gasteiger partial charge in [0.25, 0.3) is 0 Å². The van der Waals surface area contributed by atoms with Crippen molar-refractivity contribution < 1.29 is 302 Å². The third kappa shape index (κ3) is 23.5. The first kappa shape index (κ1) is 109. The largest absolute Gasteiger partial charge is 0.394 e. The number of hydrogen-bond donors (Lipinski definition) is 36. The van der Waals surface area contributed by atoms with Gasteiger partial charge >= 0.3 is 0 Å². The summed E-state index contributed by atoms with van der Waals surface area (Å²) in [6.07, 6.45) is -127. The van der Waals surface area contributed by atoms with E-state index in [1.165, 1.54) is 0 Å². The van der Waals surface area contributed by atoms with Crippen LogP contribution in [0.15, 0.2) is 0 Å². The molecule has 0 amide bonds. The normalized spacial score (nSPS) is 54.2. The van der Waals surface area contributed by atoms with E-state index in [0.717, 1.165) is 0 Å². The second kappa shape index (κ2) is 47.2. The first-order chi connectivity index (χ1) is 63.5. The highest BCUT2D eigenvalue weighted by Crippen LogP contribution is 2.42. The van der Waals surface area contributed by atoms with Gasteiger partial charge in [-0.15, -0.1) is 0 Å². The predicted molar refractivity (Wildman–Crippen MR) is 398 cm³/mol. The van der Waals surface area contributed by atoms with E-state index >= 15 is 0 Å². The van der Waals surface area contributed by atoms with Gasteiger partial charge in [-0.25, -0.2) is 0 Å². The first-order valence-electron chi connectivity index (χ1n) is 42.8. The van der Waals surface area contributed by atoms with Crippen LogP contribution >= 0.6 is 0 Å². The monoisotopic (exact) mass is 1970 g/mol. The van der Waals surface area contributed by atoms with Crippen molar-refractivity contribution in [3.63, 3.8) is 0 Å². The van der Waals surface area contributed by atoms with E-state index in [4.69, 9.17) is 118 Å². The van der Waals surface area contributed by atoms with Crippen LogP contribution < -0.4 is 0 Å². The topological polar surface area (TPSA) is 959 Å². The molecule has 13 fully saturated rings. The van der Waals surface area contributed by atoms with Gasteiger partial charge in [-0.1, -0.05) is 0 Å². The molecule has 36 N–H and O–H groups in total. The van der Waals surface area contributed by atoms with Crippen molar-refractivity contribution in [2.75, 3.05) is 85.9 Å². The van der Waals surface area contributed by atoms with Gasteiger partial charge in [0.05, 0.1) is 85.9 Å². The Bertz CT molecular complexity index is 3510. The van der Waals surface area contributed by atoms with Crippen LogP contribution in [0.1, 0.15) is 0 Å². The van der Waals surface area contributed by atoms with Crippen LogP contribution in [0.3, 0.4) is 0 Å². The molecular weight excluding hydrogens is 1850 g/mol. The summed E-state index contributed by atoms with van der Waals surface area (Å²) in [4.78, 5) is 0. The Hall–Kier alpha value is -2.44. The lowest BCUT2D eigenvalue weighted by atomic mass is 9.95. The smallest absolute Gasteiger partial charge is 0.187 e. The molecule has 13 aliphatic heterocycles. The van der Waals surface area contributed by atoms with Crippen molar-refractivity contribution >= 4 is 0 Å². The molecule has 0 radical (unpaired) electrons. The molecule has 60 atom stereocenters. The van der Waals surface area contributed by atoms with Gasteiger partial charge in [0.2, 0.25) is 0 Å². The minimum Gasteiger partial charge on any atom is -0.394 e. The van der Waals surface area contributed by atoms with Crippen molar-refractivity contribution in [1.29, 1.82) is 0 Å². The molecule has 1 unspecified atom stereocenters. The van der Waals surface area contributed by atoms with Crippen molar-refractivity contribution in [2.45, 2.75) is 369 Å². The van der Waals surface area contributed by atoms with Crippen molar-refractivity contribution in [2.24, 2.45) is 0 Å². The zero-order chi connectivity index (χ0) is 97.5. The predicted octanol–water partition coefficient (Wildman–Crippen LogP) is -26.1. The molecule has 0 spiro atoms. The summed E-state index contributed by atoms with van der Waals surface area (Å²) in [5.41, 5.74) is 0. The quantitative estimate of drug-likeness (QED) is 0.0297. The van der Waals surface area contributed by atoms with Gasteiger partial charge < -0.3 is 302 Å². The van der Waals surface area contributed by atoms with Gasteiger partial charge in [-0.2, -0.15) is 0 Å². The summed E-state index contributed by atoms with van der Waals surface area (Å²) in [7, 11) is 0. The number of aliphatic hydroxyl groups excluding tert-OH is 36. The lowest BCUT2D eigenvalue weighted by Crippen LogP contribution is -2.69. The van der Waals surface area contributed by atoms with Crippen molar-refractivity contribution in [1.82, 2.24) is 0 Å². The fourth-order valence-electron chi connectivity index (χ4n) is 17.0. The maximum Gasteiger partial charge on any atom is 0.187 e. The van der Waals surface area contributed by atoms with Crippen LogP contribution in [0.5, 0.6) is 0 Å². The van der Waals surface area contributed by atoms with E-state index in [1.807, 2.05) is 0 Å². The highest BCUT2D eigenvalue weighted by Gasteiger charge is 2.62. The van der Waals surface area contributed by atoms with Crippen LogP contribution in [-0.4, -0.2) is 638 Å². The van der Waals surface area contributed by atoms with Crippen molar-refractivity contribution in [3.8, 4) is 0 Å². The Labute approximate surface area is 754 Å². The molecule has 13 aliphatic rings. The molecule has 0 aromatic carbocycles. The van der Waals surface area contributed by atoms with Gasteiger partial charge in [0.1, 0.15) is 287 Å². The van der Waals surface area contributed by atoms with Crippen LogP contribution in [0.25, 0.3) is 0 Å². The van der Waals surface area contributed by atoms with E-state index in [0.29, 0.717) is 0 Å². The van der Waals surface area contributed by atoms with E-state index in [1.54, 1.807) is 0 Å². The van der Waals surface area contributed by atoms with Gasteiger partial charge in [-0.3, -0.25) is 0 Å². The third-order valence-corrected chi connectivity index (χ3v) is 25.1. The molecule has 61 heteroatoms. The summed E-state index contributed by atoms with van der Waals surface area (Å²) < 4.78 is 144. The van der Waals surface area contributed by atoms with Gasteiger partial charge in [0.15, 0.2) is 81.8 Å². The van der Waals surface area contributed by atoms with Gasteiger partial charge in [-0.05, 0) is 0 Å². The SMILES string of the molecule is OC[C@H]1O[C@@H](O[C@H]2[C@H](O)[C@@H](O)[C@H](O[C@H]3[C@H](O)[C@@H](O)[C@H](O[C@H]4[C@H](O)[C@@H](O)[C@H](O[C@H]5[C@H](O)[C@@H](O)[C@H](O[C@H]6[C@H](O)[C@@H](O)[C@H](O[C@H]7[C@H](O)[C@@H](O)[C@H](O[C@H]8[C@H](O)[C@@H](O)C(O)O[C@@H]8CO)O[C@@H]7CO[C@H]7OC[C@@H](O)[C@H](O)[C@H]7O)O[C@@H]6CO[C@H]6OC[C@@H](O)[C@H](O)[C@H]6O)O[C@@H]5CO[C@H]5OC[C@@H](O)[C@H](O)[C@H]5O)O[C@@H]4CO)O[C@@H]3CO[C@H]3OC[C@@H](O)[C@H](O)[C@H]3O)O[C@@H]2CO[C@H]2OC[C@@H](O)[C@H](O)[C@H]2O)[C@H](O)[C@@H](O)[C@@H]1O. The Morgan fingerprint density at radius 3 is 0.530 bits per heavy atom. The number of hydrogen-bond acceptors (Lipinski definition) is 61. The summed E-state index contributed by atoms with van der Waals surface area (Å²) in [5, 5.41) is 397. The lowest BCUT2D eigenvalue weighted by molar-refractivity contribution is -0.404. The summed E-state index contributed by atoms with van der Waals surface area (Å²) in [5.74, 6) is 0. The Balaban J connectivity index is 0.735. The minimum absolute atomic E-state index is 0.625. The Kier molecular flexibility index (Phi) is 38.3. The van der Waals surface area contributed by atoms with Crippen LogP contribution in [0.2, 0.25) is 0 Å². The summed E-state index contributed by atoms with van der Waals surface area (Å²) >= 11 is 0. The fourth-order valence-corrected chi connectivity index (χ4v) is 17.0. The molecule has 0 aliphatic carbocycles. The molecule has 61 nitrogen and oxygen atoms in total.